The maximum Gasteiger partial charge on any atom is 0.363 e. The zero-order valence-corrected chi connectivity index (χ0v) is 11.6. The Hall–Kier alpha value is -2.82. The van der Waals surface area contributed by atoms with Gasteiger partial charge in [-0.25, -0.2) is 18.6 Å². The second kappa shape index (κ2) is 5.52. The van der Waals surface area contributed by atoms with Gasteiger partial charge in [0.2, 0.25) is 5.90 Å². The molecule has 0 amide bonds. The fourth-order valence-electron chi connectivity index (χ4n) is 2.11. The first-order valence-corrected chi connectivity index (χ1v) is 6.57. The summed E-state index contributed by atoms with van der Waals surface area (Å²) in [5, 5.41) is 0. The average molecular weight is 299 g/mol. The van der Waals surface area contributed by atoms with Crippen molar-refractivity contribution in [3.63, 3.8) is 0 Å². The number of nitrogens with zero attached hydrogens (tertiary/aromatic N) is 1. The van der Waals surface area contributed by atoms with E-state index in [9.17, 15) is 13.6 Å². The molecule has 3 nitrogen and oxygen atoms in total. The molecule has 0 atom stereocenters. The first-order chi connectivity index (χ1) is 10.5. The number of aryl methyl sites for hydroxylation is 1. The molecule has 0 radical (unpaired) electrons. The van der Waals surface area contributed by atoms with Gasteiger partial charge in [0.05, 0.1) is 5.56 Å². The van der Waals surface area contributed by atoms with Crippen LogP contribution < -0.4 is 0 Å². The van der Waals surface area contributed by atoms with Gasteiger partial charge in [-0.2, -0.15) is 0 Å². The zero-order chi connectivity index (χ0) is 15.7. The monoisotopic (exact) mass is 299 g/mol. The maximum atomic E-state index is 13.7. The van der Waals surface area contributed by atoms with E-state index in [4.69, 9.17) is 4.74 Å². The Bertz CT molecular complexity index is 825. The summed E-state index contributed by atoms with van der Waals surface area (Å²) in [6.45, 7) is 1.93. The molecular weight excluding hydrogens is 288 g/mol. The molecule has 0 bridgehead atoms. The number of carbonyl (C=O) groups is 1. The topological polar surface area (TPSA) is 38.7 Å². The third-order valence-electron chi connectivity index (χ3n) is 3.13. The smallest absolute Gasteiger partial charge is 0.363 e. The molecule has 110 valence electrons. The quantitative estimate of drug-likeness (QED) is 0.627. The van der Waals surface area contributed by atoms with Crippen molar-refractivity contribution in [1.29, 1.82) is 0 Å². The van der Waals surface area contributed by atoms with Crippen molar-refractivity contribution in [2.45, 2.75) is 6.92 Å². The summed E-state index contributed by atoms with van der Waals surface area (Å²) in [4.78, 5) is 15.8. The van der Waals surface area contributed by atoms with E-state index in [1.807, 2.05) is 31.2 Å². The summed E-state index contributed by atoms with van der Waals surface area (Å²) in [5.41, 5.74) is 1.85. The van der Waals surface area contributed by atoms with E-state index in [2.05, 4.69) is 4.99 Å². The normalized spacial score (nSPS) is 15.9. The van der Waals surface area contributed by atoms with Crippen LogP contribution in [0.3, 0.4) is 0 Å². The number of esters is 1. The molecule has 0 saturated carbocycles. The van der Waals surface area contributed by atoms with Crippen molar-refractivity contribution < 1.29 is 18.3 Å². The Labute approximate surface area is 125 Å². The molecular formula is C17H11F2NO2. The van der Waals surface area contributed by atoms with Crippen molar-refractivity contribution in [1.82, 2.24) is 0 Å². The lowest BCUT2D eigenvalue weighted by molar-refractivity contribution is -0.129. The van der Waals surface area contributed by atoms with Gasteiger partial charge in [0.1, 0.15) is 11.6 Å². The summed E-state index contributed by atoms with van der Waals surface area (Å²) in [5.74, 6) is -2.37. The molecule has 1 aliphatic heterocycles. The predicted octanol–water partition coefficient (Wildman–Crippen LogP) is 3.62. The number of carbonyl (C=O) groups excluding carboxylic acids is 1. The molecule has 0 aromatic heterocycles. The van der Waals surface area contributed by atoms with Crippen LogP contribution in [0, 0.1) is 18.6 Å². The lowest BCUT2D eigenvalue weighted by Crippen LogP contribution is -2.07. The molecule has 0 saturated heterocycles. The van der Waals surface area contributed by atoms with E-state index < -0.39 is 17.6 Å². The molecule has 2 aromatic carbocycles. The molecule has 0 N–H and O–H groups in total. The van der Waals surface area contributed by atoms with Crippen molar-refractivity contribution in [2.24, 2.45) is 4.99 Å². The fourth-order valence-corrected chi connectivity index (χ4v) is 2.11. The molecule has 22 heavy (non-hydrogen) atoms. The SMILES string of the molecule is Cc1cccc(/C=C2/N=C(c3ccc(F)cc3F)OC2=O)c1. The largest absolute Gasteiger partial charge is 0.402 e. The third kappa shape index (κ3) is 2.79. The van der Waals surface area contributed by atoms with Crippen LogP contribution in [0.15, 0.2) is 53.2 Å². The summed E-state index contributed by atoms with van der Waals surface area (Å²) in [7, 11) is 0. The van der Waals surface area contributed by atoms with Crippen LogP contribution in [0.2, 0.25) is 0 Å². The van der Waals surface area contributed by atoms with Crippen LogP contribution in [0.5, 0.6) is 0 Å². The highest BCUT2D eigenvalue weighted by atomic mass is 19.1. The van der Waals surface area contributed by atoms with Crippen molar-refractivity contribution in [3.8, 4) is 0 Å². The van der Waals surface area contributed by atoms with E-state index in [0.29, 0.717) is 6.07 Å². The van der Waals surface area contributed by atoms with Gasteiger partial charge in [-0.3, -0.25) is 0 Å². The first-order valence-electron chi connectivity index (χ1n) is 6.57. The van der Waals surface area contributed by atoms with E-state index in [1.54, 1.807) is 6.08 Å². The molecule has 0 spiro atoms. The Morgan fingerprint density at radius 2 is 1.95 bits per heavy atom. The Morgan fingerprint density at radius 3 is 2.68 bits per heavy atom. The summed E-state index contributed by atoms with van der Waals surface area (Å²) < 4.78 is 31.6. The van der Waals surface area contributed by atoms with Gasteiger partial charge >= 0.3 is 5.97 Å². The number of benzene rings is 2. The Kier molecular flexibility index (Phi) is 3.55. The minimum atomic E-state index is -0.830. The number of hydrogen-bond acceptors (Lipinski definition) is 3. The van der Waals surface area contributed by atoms with Gasteiger partial charge in [0.25, 0.3) is 0 Å². The minimum Gasteiger partial charge on any atom is -0.402 e. The maximum absolute atomic E-state index is 13.7. The van der Waals surface area contributed by atoms with Gasteiger partial charge in [-0.15, -0.1) is 0 Å². The van der Waals surface area contributed by atoms with Crippen molar-refractivity contribution in [2.75, 3.05) is 0 Å². The first kappa shape index (κ1) is 14.1. The van der Waals surface area contributed by atoms with Gasteiger partial charge in [0, 0.05) is 6.07 Å². The molecule has 1 heterocycles. The second-order valence-corrected chi connectivity index (χ2v) is 4.87. The van der Waals surface area contributed by atoms with Crippen LogP contribution in [-0.2, 0) is 9.53 Å². The van der Waals surface area contributed by atoms with Crippen LogP contribution in [0.4, 0.5) is 8.78 Å². The summed E-state index contributed by atoms with van der Waals surface area (Å²) in [6.07, 6.45) is 1.56. The molecule has 3 rings (SSSR count). The highest BCUT2D eigenvalue weighted by Crippen LogP contribution is 2.21. The van der Waals surface area contributed by atoms with E-state index in [-0.39, 0.29) is 17.2 Å². The van der Waals surface area contributed by atoms with Gasteiger partial charge in [0.15, 0.2) is 5.70 Å². The third-order valence-corrected chi connectivity index (χ3v) is 3.13. The molecule has 0 fully saturated rings. The number of ether oxygens (including phenoxy) is 1. The number of cyclic esters (lactones) is 1. The molecule has 0 unspecified atom stereocenters. The van der Waals surface area contributed by atoms with E-state index >= 15 is 0 Å². The van der Waals surface area contributed by atoms with E-state index in [0.717, 1.165) is 17.2 Å². The zero-order valence-electron chi connectivity index (χ0n) is 11.6. The fraction of sp³-hybridized carbons (Fsp3) is 0.0588. The molecule has 2 aromatic rings. The lowest BCUT2D eigenvalue weighted by atomic mass is 10.1. The molecule has 1 aliphatic rings. The van der Waals surface area contributed by atoms with Gasteiger partial charge in [-0.1, -0.05) is 29.8 Å². The summed E-state index contributed by atoms with van der Waals surface area (Å²) in [6, 6.07) is 10.5. The minimum absolute atomic E-state index is 0.0533. The average Bonchev–Trinajstić information content (AvgIpc) is 2.80. The highest BCUT2D eigenvalue weighted by Gasteiger charge is 2.26. The summed E-state index contributed by atoms with van der Waals surface area (Å²) >= 11 is 0. The molecule has 0 aliphatic carbocycles. The van der Waals surface area contributed by atoms with Crippen molar-refractivity contribution >= 4 is 17.9 Å². The Balaban J connectivity index is 1.98. The second-order valence-electron chi connectivity index (χ2n) is 4.87. The number of aliphatic imine (C=N–C) groups is 1. The van der Waals surface area contributed by atoms with Crippen molar-refractivity contribution in [3.05, 3.63) is 76.5 Å². The number of halogens is 2. The van der Waals surface area contributed by atoms with Gasteiger partial charge in [-0.05, 0) is 30.7 Å². The van der Waals surface area contributed by atoms with Crippen LogP contribution in [0.1, 0.15) is 16.7 Å². The van der Waals surface area contributed by atoms with Crippen LogP contribution in [0.25, 0.3) is 6.08 Å². The predicted molar refractivity (Wildman–Crippen MR) is 78.1 cm³/mol. The van der Waals surface area contributed by atoms with Gasteiger partial charge < -0.3 is 4.74 Å². The van der Waals surface area contributed by atoms with E-state index in [1.165, 1.54) is 6.07 Å². The molecule has 5 heteroatoms. The standard InChI is InChI=1S/C17H11F2NO2/c1-10-3-2-4-11(7-10)8-15-17(21)22-16(20-15)13-6-5-12(18)9-14(13)19/h2-9H,1H3/b15-8+. The highest BCUT2D eigenvalue weighted by molar-refractivity contribution is 6.12. The van der Waals surface area contributed by atoms with Crippen LogP contribution in [-0.4, -0.2) is 11.9 Å². The van der Waals surface area contributed by atoms with Crippen LogP contribution >= 0.6 is 0 Å². The lowest BCUT2D eigenvalue weighted by Gasteiger charge is -2.00. The number of hydrogen-bond donors (Lipinski definition) is 0. The number of rotatable bonds is 2. The Morgan fingerprint density at radius 1 is 1.14 bits per heavy atom.